The van der Waals surface area contributed by atoms with Gasteiger partial charge in [-0.25, -0.2) is 14.3 Å². The van der Waals surface area contributed by atoms with E-state index in [9.17, 15) is 9.59 Å². The minimum atomic E-state index is -0.318. The van der Waals surface area contributed by atoms with E-state index in [1.165, 1.54) is 11.3 Å². The zero-order valence-corrected chi connectivity index (χ0v) is 18.9. The number of hydrogen-bond donors (Lipinski definition) is 2. The van der Waals surface area contributed by atoms with Crippen LogP contribution in [-0.2, 0) is 7.05 Å². The summed E-state index contributed by atoms with van der Waals surface area (Å²) in [5.41, 5.74) is 3.30. The summed E-state index contributed by atoms with van der Waals surface area (Å²) < 4.78 is 3.13. The van der Waals surface area contributed by atoms with Crippen LogP contribution in [0.3, 0.4) is 0 Å². The lowest BCUT2D eigenvalue weighted by Gasteiger charge is -2.22. The van der Waals surface area contributed by atoms with Gasteiger partial charge in [-0.15, -0.1) is 11.3 Å². The Hall–Kier alpha value is -3.50. The first-order chi connectivity index (χ1) is 16.1. The minimum Gasteiger partial charge on any atom is -0.369 e. The van der Waals surface area contributed by atoms with E-state index in [1.54, 1.807) is 34.0 Å². The topological polar surface area (TPSA) is 97.1 Å². The molecule has 3 aromatic heterocycles. The number of nitrogens with one attached hydrogen (secondary N) is 2. The second-order valence-corrected chi connectivity index (χ2v) is 9.45. The molecule has 10 heteroatoms. The average molecular weight is 462 g/mol. The second-order valence-electron chi connectivity index (χ2n) is 8.61. The number of fused-ring (bicyclic) bond motifs is 2. The largest absolute Gasteiger partial charge is 0.369 e. The maximum Gasteiger partial charge on any atom is 0.335 e. The van der Waals surface area contributed by atoms with Crippen LogP contribution in [0.25, 0.3) is 16.2 Å². The Bertz CT molecular complexity index is 1410. The fraction of sp³-hybridized carbons (Fsp3) is 0.304. The Morgan fingerprint density at radius 1 is 1.15 bits per heavy atom. The molecule has 9 nitrogen and oxygen atoms in total. The molecule has 2 aliphatic rings. The molecule has 2 unspecified atom stereocenters. The molecule has 2 saturated heterocycles. The average Bonchev–Trinajstić information content (AvgIpc) is 3.59. The van der Waals surface area contributed by atoms with Gasteiger partial charge in [0.2, 0.25) is 0 Å². The number of para-hydroxylation sites is 2. The van der Waals surface area contributed by atoms with Crippen LogP contribution in [0.4, 0.5) is 11.4 Å². The summed E-state index contributed by atoms with van der Waals surface area (Å²) in [6.45, 7) is 4.02. The van der Waals surface area contributed by atoms with E-state index in [2.05, 4.69) is 25.5 Å². The van der Waals surface area contributed by atoms with Crippen LogP contribution in [0, 0.1) is 11.8 Å². The van der Waals surface area contributed by atoms with Gasteiger partial charge in [-0.1, -0.05) is 12.1 Å². The Balaban J connectivity index is 1.27. The number of thiazole rings is 1. The standard InChI is InChI=1S/C23H23N7O2S/c1-28-19-4-2-3-5-20(19)30(23(28)32)22-27-17(13-33-22)21(31)26-16-10-24-7-6-18(16)29-11-14-8-25-9-15(14)12-29/h2-7,10,13-15,25H,8-9,11-12H2,1H3,(H,26,31). The molecule has 6 rings (SSSR count). The zero-order valence-electron chi connectivity index (χ0n) is 18.1. The highest BCUT2D eigenvalue weighted by atomic mass is 32.1. The van der Waals surface area contributed by atoms with E-state index in [0.29, 0.717) is 22.7 Å². The number of aryl methyl sites for hydroxylation is 1. The van der Waals surface area contributed by atoms with E-state index in [0.717, 1.165) is 42.9 Å². The predicted octanol–water partition coefficient (Wildman–Crippen LogP) is 2.09. The molecular formula is C23H23N7O2S. The van der Waals surface area contributed by atoms with Crippen molar-refractivity contribution in [2.75, 3.05) is 36.4 Å². The van der Waals surface area contributed by atoms with Gasteiger partial charge in [-0.2, -0.15) is 0 Å². The van der Waals surface area contributed by atoms with Crippen LogP contribution in [0.1, 0.15) is 10.5 Å². The molecule has 0 bridgehead atoms. The predicted molar refractivity (Wildman–Crippen MR) is 128 cm³/mol. The SMILES string of the molecule is Cn1c(=O)n(-c2nc(C(=O)Nc3cnccc3N3CC4CNCC4C3)cs2)c2ccccc21. The van der Waals surface area contributed by atoms with E-state index < -0.39 is 0 Å². The third kappa shape index (κ3) is 3.33. The van der Waals surface area contributed by atoms with Gasteiger partial charge in [-0.3, -0.25) is 14.3 Å². The quantitative estimate of drug-likeness (QED) is 0.483. The van der Waals surface area contributed by atoms with Gasteiger partial charge in [0.25, 0.3) is 5.91 Å². The van der Waals surface area contributed by atoms with Gasteiger partial charge in [0.05, 0.1) is 28.6 Å². The number of carbonyl (C=O) groups is 1. The third-order valence-electron chi connectivity index (χ3n) is 6.65. The number of benzene rings is 1. The van der Waals surface area contributed by atoms with Crippen molar-refractivity contribution in [3.8, 4) is 5.13 Å². The van der Waals surface area contributed by atoms with Crippen molar-refractivity contribution in [3.05, 3.63) is 64.3 Å². The van der Waals surface area contributed by atoms with E-state index in [-0.39, 0.29) is 17.3 Å². The van der Waals surface area contributed by atoms with Gasteiger partial charge in [0, 0.05) is 44.8 Å². The summed E-state index contributed by atoms with van der Waals surface area (Å²) in [6, 6.07) is 9.49. The van der Waals surface area contributed by atoms with Crippen molar-refractivity contribution in [3.63, 3.8) is 0 Å². The number of pyridine rings is 1. The first-order valence-electron chi connectivity index (χ1n) is 10.9. The number of carbonyl (C=O) groups excluding carboxylic acids is 1. The molecular weight excluding hydrogens is 438 g/mol. The first-order valence-corrected chi connectivity index (χ1v) is 11.8. The molecule has 0 aliphatic carbocycles. The van der Waals surface area contributed by atoms with Crippen LogP contribution >= 0.6 is 11.3 Å². The summed E-state index contributed by atoms with van der Waals surface area (Å²) in [5, 5.41) is 8.59. The third-order valence-corrected chi connectivity index (χ3v) is 7.48. The Morgan fingerprint density at radius 2 is 1.91 bits per heavy atom. The van der Waals surface area contributed by atoms with Crippen molar-refractivity contribution in [2.24, 2.45) is 18.9 Å². The minimum absolute atomic E-state index is 0.193. The van der Waals surface area contributed by atoms with E-state index >= 15 is 0 Å². The summed E-state index contributed by atoms with van der Waals surface area (Å²) in [4.78, 5) is 36.9. The number of nitrogens with zero attached hydrogens (tertiary/aromatic N) is 5. The molecule has 33 heavy (non-hydrogen) atoms. The Labute approximate surface area is 193 Å². The van der Waals surface area contributed by atoms with Crippen molar-refractivity contribution in [1.29, 1.82) is 0 Å². The molecule has 0 spiro atoms. The molecule has 168 valence electrons. The van der Waals surface area contributed by atoms with Gasteiger partial charge < -0.3 is 15.5 Å². The number of hydrogen-bond acceptors (Lipinski definition) is 7. The molecule has 2 atom stereocenters. The lowest BCUT2D eigenvalue weighted by atomic mass is 10.0. The highest BCUT2D eigenvalue weighted by molar-refractivity contribution is 7.12. The number of imidazole rings is 1. The highest BCUT2D eigenvalue weighted by Crippen LogP contribution is 2.34. The Morgan fingerprint density at radius 3 is 2.70 bits per heavy atom. The molecule has 2 fully saturated rings. The molecule has 1 aromatic carbocycles. The van der Waals surface area contributed by atoms with Crippen molar-refractivity contribution >= 4 is 39.7 Å². The van der Waals surface area contributed by atoms with Crippen LogP contribution in [0.2, 0.25) is 0 Å². The van der Waals surface area contributed by atoms with Crippen LogP contribution in [0.15, 0.2) is 52.9 Å². The van der Waals surface area contributed by atoms with Gasteiger partial charge in [-0.05, 0) is 30.0 Å². The van der Waals surface area contributed by atoms with Crippen molar-refractivity contribution < 1.29 is 4.79 Å². The first kappa shape index (κ1) is 20.1. The van der Waals surface area contributed by atoms with Crippen LogP contribution in [0.5, 0.6) is 0 Å². The van der Waals surface area contributed by atoms with Gasteiger partial charge in [0.15, 0.2) is 5.13 Å². The van der Waals surface area contributed by atoms with Crippen LogP contribution in [-0.4, -0.2) is 51.2 Å². The fourth-order valence-corrected chi connectivity index (χ4v) is 5.76. The maximum atomic E-state index is 13.1. The molecule has 0 radical (unpaired) electrons. The molecule has 1 amide bonds. The number of anilines is 2. The van der Waals surface area contributed by atoms with Crippen LogP contribution < -0.4 is 21.2 Å². The van der Waals surface area contributed by atoms with Gasteiger partial charge in [0.1, 0.15) is 5.69 Å². The molecule has 2 N–H and O–H groups in total. The molecule has 2 aliphatic heterocycles. The maximum absolute atomic E-state index is 13.1. The van der Waals surface area contributed by atoms with Crippen molar-refractivity contribution in [1.82, 2.24) is 24.4 Å². The van der Waals surface area contributed by atoms with Crippen molar-refractivity contribution in [2.45, 2.75) is 0 Å². The van der Waals surface area contributed by atoms with Gasteiger partial charge >= 0.3 is 5.69 Å². The summed E-state index contributed by atoms with van der Waals surface area (Å²) in [6.07, 6.45) is 3.44. The molecule has 0 saturated carbocycles. The second kappa shape index (κ2) is 7.82. The zero-order chi connectivity index (χ0) is 22.5. The Kier molecular flexibility index (Phi) is 4.77. The molecule has 4 aromatic rings. The summed E-state index contributed by atoms with van der Waals surface area (Å²) in [5.74, 6) is 0.963. The van der Waals surface area contributed by atoms with E-state index in [1.807, 2.05) is 30.3 Å². The number of aromatic nitrogens is 4. The molecule has 5 heterocycles. The normalized spacial score (nSPS) is 19.8. The number of amides is 1. The summed E-state index contributed by atoms with van der Waals surface area (Å²) in [7, 11) is 1.73. The number of rotatable bonds is 4. The smallest absolute Gasteiger partial charge is 0.335 e. The lowest BCUT2D eigenvalue weighted by Crippen LogP contribution is -2.27. The fourth-order valence-electron chi connectivity index (χ4n) is 4.95. The highest BCUT2D eigenvalue weighted by Gasteiger charge is 2.36. The monoisotopic (exact) mass is 461 g/mol. The summed E-state index contributed by atoms with van der Waals surface area (Å²) >= 11 is 1.27. The van der Waals surface area contributed by atoms with E-state index in [4.69, 9.17) is 0 Å². The lowest BCUT2D eigenvalue weighted by molar-refractivity contribution is 0.102.